The second-order valence-corrected chi connectivity index (χ2v) is 8.39. The van der Waals surface area contributed by atoms with Gasteiger partial charge in [0.1, 0.15) is 9.84 Å². The number of sulfone groups is 1. The van der Waals surface area contributed by atoms with E-state index in [4.69, 9.17) is 0 Å². The van der Waals surface area contributed by atoms with Gasteiger partial charge in [-0.05, 0) is 23.8 Å². The third-order valence-electron chi connectivity index (χ3n) is 4.44. The van der Waals surface area contributed by atoms with Gasteiger partial charge >= 0.3 is 0 Å². The van der Waals surface area contributed by atoms with E-state index in [0.29, 0.717) is 22.6 Å². The van der Waals surface area contributed by atoms with Crippen molar-refractivity contribution in [2.24, 2.45) is 10.8 Å². The molecular weight excluding hydrogens is 222 g/mol. The van der Waals surface area contributed by atoms with Crippen molar-refractivity contribution in [3.63, 3.8) is 0 Å². The normalized spacial score (nSPS) is 23.3. The Labute approximate surface area is 99.9 Å². The Bertz CT molecular complexity index is 330. The van der Waals surface area contributed by atoms with Gasteiger partial charge in [0.15, 0.2) is 0 Å². The lowest BCUT2D eigenvalue weighted by atomic mass is 10.0. The van der Waals surface area contributed by atoms with Gasteiger partial charge in [0.05, 0.1) is 5.75 Å². The van der Waals surface area contributed by atoms with E-state index in [1.54, 1.807) is 6.92 Å². The van der Waals surface area contributed by atoms with Gasteiger partial charge in [-0.15, -0.1) is 0 Å². The SMILES string of the molecule is CCS(=O)(=O)CCCNC1C(C)(C)C1(C)C. The molecule has 1 rings (SSSR count). The van der Waals surface area contributed by atoms with Crippen LogP contribution in [0, 0.1) is 10.8 Å². The maximum absolute atomic E-state index is 11.3. The fourth-order valence-corrected chi connectivity index (χ4v) is 3.26. The number of hydrogen-bond donors (Lipinski definition) is 1. The molecule has 1 aliphatic rings. The Kier molecular flexibility index (Phi) is 3.75. The molecule has 4 heteroatoms. The Morgan fingerprint density at radius 1 is 1.12 bits per heavy atom. The molecule has 1 saturated carbocycles. The highest BCUT2D eigenvalue weighted by Crippen LogP contribution is 2.62. The van der Waals surface area contributed by atoms with Gasteiger partial charge in [0.25, 0.3) is 0 Å². The van der Waals surface area contributed by atoms with Crippen LogP contribution in [0.2, 0.25) is 0 Å². The summed E-state index contributed by atoms with van der Waals surface area (Å²) in [7, 11) is -2.79. The summed E-state index contributed by atoms with van der Waals surface area (Å²) in [6.07, 6.45) is 0.721. The molecule has 16 heavy (non-hydrogen) atoms. The highest BCUT2D eigenvalue weighted by molar-refractivity contribution is 7.91. The molecule has 0 radical (unpaired) electrons. The van der Waals surface area contributed by atoms with Crippen molar-refractivity contribution in [1.29, 1.82) is 0 Å². The van der Waals surface area contributed by atoms with Gasteiger partial charge in [-0.25, -0.2) is 8.42 Å². The molecule has 0 heterocycles. The molecule has 0 bridgehead atoms. The largest absolute Gasteiger partial charge is 0.313 e. The van der Waals surface area contributed by atoms with E-state index in [2.05, 4.69) is 33.0 Å². The van der Waals surface area contributed by atoms with Crippen molar-refractivity contribution in [2.45, 2.75) is 47.1 Å². The third-order valence-corrected chi connectivity index (χ3v) is 6.23. The zero-order chi connectivity index (χ0) is 12.6. The molecule has 3 nitrogen and oxygen atoms in total. The van der Waals surface area contributed by atoms with Crippen molar-refractivity contribution >= 4 is 9.84 Å². The first kappa shape index (κ1) is 14.0. The van der Waals surface area contributed by atoms with E-state index in [9.17, 15) is 8.42 Å². The molecule has 96 valence electrons. The van der Waals surface area contributed by atoms with Gasteiger partial charge in [-0.2, -0.15) is 0 Å². The standard InChI is InChI=1S/C12H25NO2S/c1-6-16(14,15)9-7-8-13-10-11(2,3)12(10,4)5/h10,13H,6-9H2,1-5H3. The fourth-order valence-electron chi connectivity index (χ4n) is 2.39. The van der Waals surface area contributed by atoms with E-state index in [-0.39, 0.29) is 5.75 Å². The smallest absolute Gasteiger partial charge is 0.150 e. The first-order valence-electron chi connectivity index (χ1n) is 6.09. The second-order valence-electron chi connectivity index (χ2n) is 5.92. The lowest BCUT2D eigenvalue weighted by molar-refractivity contribution is 0.457. The van der Waals surface area contributed by atoms with Crippen LogP contribution < -0.4 is 5.32 Å². The Morgan fingerprint density at radius 2 is 1.62 bits per heavy atom. The minimum absolute atomic E-state index is 0.257. The molecule has 1 aliphatic carbocycles. The van der Waals surface area contributed by atoms with Crippen LogP contribution in [0.4, 0.5) is 0 Å². The molecule has 1 fully saturated rings. The monoisotopic (exact) mass is 247 g/mol. The number of hydrogen-bond acceptors (Lipinski definition) is 3. The van der Waals surface area contributed by atoms with E-state index >= 15 is 0 Å². The van der Waals surface area contributed by atoms with Crippen molar-refractivity contribution in [3.05, 3.63) is 0 Å². The van der Waals surface area contributed by atoms with Gasteiger partial charge in [0.2, 0.25) is 0 Å². The molecule has 0 aromatic carbocycles. The van der Waals surface area contributed by atoms with Crippen LogP contribution in [-0.4, -0.2) is 32.5 Å². The van der Waals surface area contributed by atoms with Gasteiger partial charge in [0, 0.05) is 11.8 Å². The maximum atomic E-state index is 11.3. The molecule has 0 amide bonds. The molecule has 0 aromatic rings. The molecule has 1 N–H and O–H groups in total. The maximum Gasteiger partial charge on any atom is 0.150 e. The summed E-state index contributed by atoms with van der Waals surface area (Å²) < 4.78 is 22.6. The topological polar surface area (TPSA) is 46.2 Å². The molecule has 0 spiro atoms. The molecule has 0 aromatic heterocycles. The molecular formula is C12H25NO2S. The lowest BCUT2D eigenvalue weighted by Crippen LogP contribution is -2.25. The summed E-state index contributed by atoms with van der Waals surface area (Å²) in [6.45, 7) is 11.5. The predicted octanol–water partition coefficient (Wildman–Crippen LogP) is 1.84. The van der Waals surface area contributed by atoms with E-state index in [0.717, 1.165) is 13.0 Å². The summed E-state index contributed by atoms with van der Waals surface area (Å²) in [5.41, 5.74) is 0.660. The summed E-state index contributed by atoms with van der Waals surface area (Å²) in [5, 5.41) is 3.47. The lowest BCUT2D eigenvalue weighted by Gasteiger charge is -2.06. The quantitative estimate of drug-likeness (QED) is 0.728. The van der Waals surface area contributed by atoms with Crippen molar-refractivity contribution < 1.29 is 8.42 Å². The van der Waals surface area contributed by atoms with Crippen LogP contribution in [-0.2, 0) is 9.84 Å². The summed E-state index contributed by atoms with van der Waals surface area (Å²) in [4.78, 5) is 0. The Balaban J connectivity index is 2.25. The third kappa shape index (κ3) is 2.59. The average Bonchev–Trinajstić information content (AvgIpc) is 2.54. The summed E-state index contributed by atoms with van der Waals surface area (Å²) >= 11 is 0. The minimum Gasteiger partial charge on any atom is -0.313 e. The van der Waals surface area contributed by atoms with Crippen LogP contribution in [0.1, 0.15) is 41.0 Å². The molecule has 0 saturated heterocycles. The van der Waals surface area contributed by atoms with Gasteiger partial charge in [-0.3, -0.25) is 0 Å². The van der Waals surface area contributed by atoms with Crippen LogP contribution in [0.3, 0.4) is 0 Å². The van der Waals surface area contributed by atoms with E-state index in [1.807, 2.05) is 0 Å². The van der Waals surface area contributed by atoms with Gasteiger partial charge < -0.3 is 5.32 Å². The number of rotatable bonds is 6. The summed E-state index contributed by atoms with van der Waals surface area (Å²) in [6, 6.07) is 0.518. The highest BCUT2D eigenvalue weighted by Gasteiger charge is 2.64. The first-order chi connectivity index (χ1) is 7.15. The molecule has 0 atom stereocenters. The Hall–Kier alpha value is -0.0900. The van der Waals surface area contributed by atoms with Crippen LogP contribution >= 0.6 is 0 Å². The van der Waals surface area contributed by atoms with Crippen LogP contribution in [0.25, 0.3) is 0 Å². The molecule has 0 unspecified atom stereocenters. The van der Waals surface area contributed by atoms with Crippen LogP contribution in [0.15, 0.2) is 0 Å². The van der Waals surface area contributed by atoms with E-state index < -0.39 is 9.84 Å². The van der Waals surface area contributed by atoms with Crippen molar-refractivity contribution in [3.8, 4) is 0 Å². The molecule has 0 aliphatic heterocycles. The van der Waals surface area contributed by atoms with Crippen molar-refractivity contribution in [2.75, 3.05) is 18.1 Å². The minimum atomic E-state index is -2.79. The number of nitrogens with one attached hydrogen (secondary N) is 1. The van der Waals surface area contributed by atoms with Crippen molar-refractivity contribution in [1.82, 2.24) is 5.32 Å². The zero-order valence-electron chi connectivity index (χ0n) is 11.1. The van der Waals surface area contributed by atoms with Crippen LogP contribution in [0.5, 0.6) is 0 Å². The second kappa shape index (κ2) is 4.30. The van der Waals surface area contributed by atoms with Gasteiger partial charge in [-0.1, -0.05) is 34.6 Å². The zero-order valence-corrected chi connectivity index (χ0v) is 11.9. The Morgan fingerprint density at radius 3 is 2.00 bits per heavy atom. The predicted molar refractivity (Wildman–Crippen MR) is 68.3 cm³/mol. The average molecular weight is 247 g/mol. The highest BCUT2D eigenvalue weighted by atomic mass is 32.2. The first-order valence-corrected chi connectivity index (χ1v) is 7.91. The fraction of sp³-hybridized carbons (Fsp3) is 1.00. The summed E-state index contributed by atoms with van der Waals surface area (Å²) in [5.74, 6) is 0.567. The van der Waals surface area contributed by atoms with E-state index in [1.165, 1.54) is 0 Å².